The van der Waals surface area contributed by atoms with Crippen LogP contribution in [-0.2, 0) is 4.79 Å². The molecule has 0 unspecified atom stereocenters. The molecule has 11 heavy (non-hydrogen) atoms. The van der Waals surface area contributed by atoms with Crippen LogP contribution in [0.4, 0.5) is 0 Å². The number of rotatable bonds is 2. The monoisotopic (exact) mass is 279 g/mol. The Kier molecular flexibility index (Phi) is 4.78. The summed E-state index contributed by atoms with van der Waals surface area (Å²) in [5, 5.41) is 10.3. The number of aliphatic carboxylic acids is 1. The van der Waals surface area contributed by atoms with Crippen LogP contribution in [0.5, 0.6) is 0 Å². The van der Waals surface area contributed by atoms with Crippen molar-refractivity contribution in [2.45, 2.75) is 3.79 Å². The minimum absolute atomic E-state index is 0.0866. The van der Waals surface area contributed by atoms with Crippen molar-refractivity contribution in [2.75, 3.05) is 5.33 Å². The summed E-state index contributed by atoms with van der Waals surface area (Å²) in [7, 11) is 0. The number of carboxylic acid groups (broad SMARTS) is 1. The molecule has 0 aromatic carbocycles. The van der Waals surface area contributed by atoms with E-state index in [0.717, 1.165) is 6.08 Å². The summed E-state index contributed by atoms with van der Waals surface area (Å²) >= 11 is 18.8. The van der Waals surface area contributed by atoms with Gasteiger partial charge in [-0.05, 0) is 11.6 Å². The average molecular weight is 281 g/mol. The van der Waals surface area contributed by atoms with Gasteiger partial charge < -0.3 is 9.90 Å². The molecule has 0 aromatic heterocycles. The first-order valence-electron chi connectivity index (χ1n) is 2.42. The topological polar surface area (TPSA) is 40.1 Å². The predicted octanol–water partition coefficient (Wildman–Crippen LogP) is 1.43. The number of carbonyl (C=O) groups is 1. The number of allylic oxidation sites excluding steroid dienone is 1. The first kappa shape index (κ1) is 11.6. The van der Waals surface area contributed by atoms with Gasteiger partial charge in [-0.2, -0.15) is 0 Å². The van der Waals surface area contributed by atoms with E-state index >= 15 is 0 Å². The summed E-state index contributed by atoms with van der Waals surface area (Å²) < 4.78 is -1.69. The van der Waals surface area contributed by atoms with Gasteiger partial charge in [0.2, 0.25) is 3.79 Å². The van der Waals surface area contributed by atoms with E-state index in [9.17, 15) is 9.90 Å². The summed E-state index contributed by atoms with van der Waals surface area (Å²) in [4.78, 5) is 10.2. The maximum atomic E-state index is 10.2. The third kappa shape index (κ3) is 5.79. The molecule has 0 fully saturated rings. The SMILES string of the molecule is O=C([O-])/C(=C/C(Cl)(Cl)Cl)CBr. The summed E-state index contributed by atoms with van der Waals surface area (Å²) in [6, 6.07) is 0. The Bertz CT molecular complexity index is 185. The van der Waals surface area contributed by atoms with E-state index in [2.05, 4.69) is 15.9 Å². The highest BCUT2D eigenvalue weighted by Crippen LogP contribution is 2.29. The van der Waals surface area contributed by atoms with Gasteiger partial charge in [0.15, 0.2) is 0 Å². The minimum Gasteiger partial charge on any atom is -0.545 e. The number of hydrogen-bond acceptors (Lipinski definition) is 2. The molecule has 0 aliphatic rings. The van der Waals surface area contributed by atoms with Crippen molar-refractivity contribution < 1.29 is 9.90 Å². The average Bonchev–Trinajstić information content (AvgIpc) is 1.80. The van der Waals surface area contributed by atoms with Crippen molar-refractivity contribution >= 4 is 56.7 Å². The Balaban J connectivity index is 4.49. The lowest BCUT2D eigenvalue weighted by molar-refractivity contribution is -0.299. The summed E-state index contributed by atoms with van der Waals surface area (Å²) in [5.74, 6) is -1.35. The van der Waals surface area contributed by atoms with Crippen molar-refractivity contribution in [2.24, 2.45) is 0 Å². The molecule has 0 atom stereocenters. The fourth-order valence-corrected chi connectivity index (χ4v) is 1.14. The van der Waals surface area contributed by atoms with E-state index in [-0.39, 0.29) is 10.9 Å². The maximum absolute atomic E-state index is 10.2. The third-order valence-electron chi connectivity index (χ3n) is 0.744. The van der Waals surface area contributed by atoms with Crippen LogP contribution in [0.2, 0.25) is 0 Å². The molecule has 0 saturated carbocycles. The van der Waals surface area contributed by atoms with Crippen LogP contribution in [0.3, 0.4) is 0 Å². The number of alkyl halides is 4. The normalized spacial score (nSPS) is 13.3. The number of carboxylic acids is 1. The molecule has 64 valence electrons. The second kappa shape index (κ2) is 4.55. The zero-order valence-electron chi connectivity index (χ0n) is 5.11. The second-order valence-electron chi connectivity index (χ2n) is 1.63. The maximum Gasteiger partial charge on any atom is 0.209 e. The Morgan fingerprint density at radius 3 is 2.09 bits per heavy atom. The van der Waals surface area contributed by atoms with Crippen LogP contribution in [-0.4, -0.2) is 15.1 Å². The molecule has 0 saturated heterocycles. The Morgan fingerprint density at radius 2 is 2.00 bits per heavy atom. The van der Waals surface area contributed by atoms with E-state index in [4.69, 9.17) is 34.8 Å². The molecule has 0 N–H and O–H groups in total. The molecule has 0 rings (SSSR count). The van der Waals surface area contributed by atoms with Crippen LogP contribution in [0.1, 0.15) is 0 Å². The number of hydrogen-bond donors (Lipinski definition) is 0. The van der Waals surface area contributed by atoms with Gasteiger partial charge in [0, 0.05) is 5.33 Å². The smallest absolute Gasteiger partial charge is 0.209 e. The molecule has 0 amide bonds. The van der Waals surface area contributed by atoms with Crippen molar-refractivity contribution in [1.82, 2.24) is 0 Å². The highest BCUT2D eigenvalue weighted by Gasteiger charge is 2.16. The molecule has 0 heterocycles. The second-order valence-corrected chi connectivity index (χ2v) is 4.56. The lowest BCUT2D eigenvalue weighted by atomic mass is 10.3. The molecule has 2 nitrogen and oxygen atoms in total. The highest BCUT2D eigenvalue weighted by molar-refractivity contribution is 9.09. The van der Waals surface area contributed by atoms with Gasteiger partial charge in [0.05, 0.1) is 5.97 Å². The van der Waals surface area contributed by atoms with Crippen LogP contribution >= 0.6 is 50.7 Å². The third-order valence-corrected chi connectivity index (χ3v) is 1.68. The van der Waals surface area contributed by atoms with Crippen molar-refractivity contribution in [1.29, 1.82) is 0 Å². The van der Waals surface area contributed by atoms with Gasteiger partial charge in [-0.25, -0.2) is 0 Å². The van der Waals surface area contributed by atoms with Crippen LogP contribution in [0.25, 0.3) is 0 Å². The van der Waals surface area contributed by atoms with Crippen LogP contribution < -0.4 is 5.11 Å². The largest absolute Gasteiger partial charge is 0.545 e. The minimum atomic E-state index is -1.69. The van der Waals surface area contributed by atoms with Crippen molar-refractivity contribution in [3.8, 4) is 0 Å². The van der Waals surface area contributed by atoms with Gasteiger partial charge >= 0.3 is 0 Å². The Morgan fingerprint density at radius 1 is 1.55 bits per heavy atom. The molecule has 0 spiro atoms. The summed E-state index contributed by atoms with van der Waals surface area (Å²) in [5.41, 5.74) is -0.0926. The van der Waals surface area contributed by atoms with E-state index in [1.807, 2.05) is 0 Å². The zero-order chi connectivity index (χ0) is 9.07. The lowest BCUT2D eigenvalue weighted by Gasteiger charge is -2.09. The predicted molar refractivity (Wildman–Crippen MR) is 47.2 cm³/mol. The first-order chi connectivity index (χ1) is 4.87. The van der Waals surface area contributed by atoms with E-state index in [1.54, 1.807) is 0 Å². The van der Waals surface area contributed by atoms with Gasteiger partial charge in [-0.1, -0.05) is 50.7 Å². The molecule has 0 aliphatic heterocycles. The molecule has 0 aromatic rings. The quantitative estimate of drug-likeness (QED) is 0.567. The molecule has 0 aliphatic carbocycles. The molecular weight excluding hydrogens is 278 g/mol. The molecule has 0 radical (unpaired) electrons. The van der Waals surface area contributed by atoms with E-state index in [1.165, 1.54) is 0 Å². The van der Waals surface area contributed by atoms with E-state index < -0.39 is 9.76 Å². The van der Waals surface area contributed by atoms with Crippen molar-refractivity contribution in [3.63, 3.8) is 0 Å². The molecular formula is C5H3BrCl3O2-. The number of halogens is 4. The first-order valence-corrected chi connectivity index (χ1v) is 4.68. The van der Waals surface area contributed by atoms with Gasteiger partial charge in [0.25, 0.3) is 0 Å². The Hall–Kier alpha value is 0.560. The highest BCUT2D eigenvalue weighted by atomic mass is 79.9. The zero-order valence-corrected chi connectivity index (χ0v) is 8.97. The number of carbonyl (C=O) groups excluding carboxylic acids is 1. The lowest BCUT2D eigenvalue weighted by Crippen LogP contribution is -2.26. The van der Waals surface area contributed by atoms with Gasteiger partial charge in [0.1, 0.15) is 0 Å². The van der Waals surface area contributed by atoms with E-state index in [0.29, 0.717) is 0 Å². The van der Waals surface area contributed by atoms with Gasteiger partial charge in [-0.15, -0.1) is 0 Å². The summed E-state index contributed by atoms with van der Waals surface area (Å²) in [6.45, 7) is 0. The van der Waals surface area contributed by atoms with Crippen molar-refractivity contribution in [3.05, 3.63) is 11.6 Å². The van der Waals surface area contributed by atoms with Crippen LogP contribution in [0, 0.1) is 0 Å². The standard InChI is InChI=1S/C5H4BrCl3O2/c6-2-3(4(10)11)1-5(7,8)9/h1H,2H2,(H,10,11)/p-1/b3-1+. The molecule has 0 bridgehead atoms. The fourth-order valence-electron chi connectivity index (χ4n) is 0.350. The van der Waals surface area contributed by atoms with Crippen LogP contribution in [0.15, 0.2) is 11.6 Å². The molecule has 6 heteroatoms. The van der Waals surface area contributed by atoms with Gasteiger partial charge in [-0.3, -0.25) is 0 Å². The fraction of sp³-hybridized carbons (Fsp3) is 0.400. The Labute approximate surface area is 87.2 Å². The summed E-state index contributed by atoms with van der Waals surface area (Å²) in [6.07, 6.45) is 0.988.